The van der Waals surface area contributed by atoms with Crippen LogP contribution in [0.25, 0.3) is 0 Å². The van der Waals surface area contributed by atoms with E-state index < -0.39 is 33.6 Å². The van der Waals surface area contributed by atoms with E-state index >= 15 is 0 Å². The highest BCUT2D eigenvalue weighted by molar-refractivity contribution is 7.91. The number of phenols is 1. The first kappa shape index (κ1) is 22.2. The second-order valence-electron chi connectivity index (χ2n) is 6.65. The largest absolute Gasteiger partial charge is 0.504 e. The minimum atomic E-state index is -3.86. The summed E-state index contributed by atoms with van der Waals surface area (Å²) in [5.74, 6) is -1.37. The van der Waals surface area contributed by atoms with Crippen molar-refractivity contribution in [1.29, 1.82) is 0 Å². The molecule has 10 heteroatoms. The standard InChI is InChI=1S/C21H22N2O7S/c1-3-30-20(25)18-15(12-31(27,28)14-7-5-4-6-8-14)22-21(26)23-19(18)13-9-10-16(24)17(11-13)29-2/h4-11,19,24H,3,12H2,1-2H3,(H2,22,23,26)/t19-/m0/s1. The number of carbonyl (C=O) groups is 2. The van der Waals surface area contributed by atoms with Crippen molar-refractivity contribution in [1.82, 2.24) is 10.6 Å². The third kappa shape index (κ3) is 4.80. The van der Waals surface area contributed by atoms with Crippen LogP contribution in [-0.4, -0.2) is 45.0 Å². The Morgan fingerprint density at radius 2 is 1.87 bits per heavy atom. The number of phenolic OH excluding ortho intramolecular Hbond substituents is 1. The molecule has 3 N–H and O–H groups in total. The van der Waals surface area contributed by atoms with E-state index in [1.54, 1.807) is 25.1 Å². The molecule has 31 heavy (non-hydrogen) atoms. The Labute approximate surface area is 179 Å². The molecular formula is C21H22N2O7S. The maximum atomic E-state index is 12.9. The van der Waals surface area contributed by atoms with E-state index in [1.165, 1.54) is 37.4 Å². The van der Waals surface area contributed by atoms with Crippen LogP contribution in [0.5, 0.6) is 11.5 Å². The highest BCUT2D eigenvalue weighted by Gasteiger charge is 2.36. The molecule has 9 nitrogen and oxygen atoms in total. The van der Waals surface area contributed by atoms with Gasteiger partial charge < -0.3 is 25.2 Å². The van der Waals surface area contributed by atoms with E-state index in [1.807, 2.05) is 0 Å². The molecule has 1 atom stereocenters. The van der Waals surface area contributed by atoms with Gasteiger partial charge in [0.05, 0.1) is 36.0 Å². The smallest absolute Gasteiger partial charge is 0.338 e. The van der Waals surface area contributed by atoms with E-state index in [9.17, 15) is 23.1 Å². The number of esters is 1. The van der Waals surface area contributed by atoms with Crippen molar-refractivity contribution in [2.45, 2.75) is 17.9 Å². The molecule has 0 radical (unpaired) electrons. The maximum absolute atomic E-state index is 12.9. The molecule has 2 amide bonds. The van der Waals surface area contributed by atoms with E-state index in [0.717, 1.165) is 0 Å². The molecule has 164 valence electrons. The molecule has 0 saturated heterocycles. The van der Waals surface area contributed by atoms with E-state index in [0.29, 0.717) is 5.56 Å². The van der Waals surface area contributed by atoms with Crippen molar-refractivity contribution in [2.75, 3.05) is 19.5 Å². The molecule has 2 aromatic carbocycles. The minimum absolute atomic E-state index is 0.0475. The highest BCUT2D eigenvalue weighted by atomic mass is 32.2. The lowest BCUT2D eigenvalue weighted by atomic mass is 9.95. The second-order valence-corrected chi connectivity index (χ2v) is 8.64. The number of ether oxygens (including phenoxy) is 2. The number of benzene rings is 2. The number of hydrogen-bond donors (Lipinski definition) is 3. The molecular weight excluding hydrogens is 424 g/mol. The summed E-state index contributed by atoms with van der Waals surface area (Å²) in [6.45, 7) is 1.67. The maximum Gasteiger partial charge on any atom is 0.338 e. The zero-order chi connectivity index (χ0) is 22.6. The summed E-state index contributed by atoms with van der Waals surface area (Å²) in [7, 11) is -2.50. The Bertz CT molecular complexity index is 1130. The predicted octanol–water partition coefficient (Wildman–Crippen LogP) is 2.05. The van der Waals surface area contributed by atoms with Gasteiger partial charge in [0.15, 0.2) is 21.3 Å². The summed E-state index contributed by atoms with van der Waals surface area (Å²) in [5, 5.41) is 14.9. The van der Waals surface area contributed by atoms with Gasteiger partial charge >= 0.3 is 12.0 Å². The fraction of sp³-hybridized carbons (Fsp3) is 0.238. The number of amides is 2. The van der Waals surface area contributed by atoms with Gasteiger partial charge in [0.2, 0.25) is 0 Å². The van der Waals surface area contributed by atoms with Crippen LogP contribution in [0.2, 0.25) is 0 Å². The molecule has 0 bridgehead atoms. The van der Waals surface area contributed by atoms with Gasteiger partial charge in [0, 0.05) is 5.70 Å². The van der Waals surface area contributed by atoms with Gasteiger partial charge in [-0.25, -0.2) is 18.0 Å². The zero-order valence-corrected chi connectivity index (χ0v) is 17.7. The Kier molecular flexibility index (Phi) is 6.50. The molecule has 0 unspecified atom stereocenters. The van der Waals surface area contributed by atoms with E-state index in [4.69, 9.17) is 9.47 Å². The van der Waals surface area contributed by atoms with Crippen molar-refractivity contribution < 1.29 is 32.6 Å². The normalized spacial score (nSPS) is 16.3. The first-order chi connectivity index (χ1) is 14.8. The Morgan fingerprint density at radius 3 is 2.52 bits per heavy atom. The average Bonchev–Trinajstić information content (AvgIpc) is 2.74. The number of nitrogens with one attached hydrogen (secondary N) is 2. The monoisotopic (exact) mass is 446 g/mol. The van der Waals surface area contributed by atoms with Gasteiger partial charge in [-0.05, 0) is 36.8 Å². The van der Waals surface area contributed by atoms with Gasteiger partial charge in [-0.1, -0.05) is 24.3 Å². The van der Waals surface area contributed by atoms with E-state index in [2.05, 4.69) is 10.6 Å². The Morgan fingerprint density at radius 1 is 1.16 bits per heavy atom. The molecule has 3 rings (SSSR count). The topological polar surface area (TPSA) is 131 Å². The predicted molar refractivity (Wildman–Crippen MR) is 111 cm³/mol. The highest BCUT2D eigenvalue weighted by Crippen LogP contribution is 2.34. The summed E-state index contributed by atoms with van der Waals surface area (Å²) in [4.78, 5) is 25.2. The average molecular weight is 446 g/mol. The number of hydrogen-bond acceptors (Lipinski definition) is 7. The number of rotatable bonds is 7. The molecule has 0 aliphatic carbocycles. The molecule has 0 spiro atoms. The molecule has 2 aromatic rings. The minimum Gasteiger partial charge on any atom is -0.504 e. The van der Waals surface area contributed by atoms with Crippen molar-refractivity contribution >= 4 is 21.8 Å². The molecule has 0 aromatic heterocycles. The van der Waals surface area contributed by atoms with Gasteiger partial charge in [0.1, 0.15) is 0 Å². The first-order valence-electron chi connectivity index (χ1n) is 9.39. The molecule has 1 aliphatic heterocycles. The summed E-state index contributed by atoms with van der Waals surface area (Å²) >= 11 is 0. The number of urea groups is 1. The molecule has 0 saturated carbocycles. The summed E-state index contributed by atoms with van der Waals surface area (Å²) in [5.41, 5.74) is 0.277. The Balaban J connectivity index is 2.12. The second kappa shape index (κ2) is 9.09. The SMILES string of the molecule is CCOC(=O)C1=C(CS(=O)(=O)c2ccccc2)NC(=O)N[C@H]1c1ccc(O)c(OC)c1. The number of methoxy groups -OCH3 is 1. The third-order valence-electron chi connectivity index (χ3n) is 4.62. The lowest BCUT2D eigenvalue weighted by Crippen LogP contribution is -2.47. The molecule has 1 heterocycles. The van der Waals surface area contributed by atoms with Gasteiger partial charge in [-0.15, -0.1) is 0 Å². The van der Waals surface area contributed by atoms with Gasteiger partial charge in [0.25, 0.3) is 0 Å². The first-order valence-corrected chi connectivity index (χ1v) is 11.0. The lowest BCUT2D eigenvalue weighted by molar-refractivity contribution is -0.139. The van der Waals surface area contributed by atoms with Gasteiger partial charge in [-0.2, -0.15) is 0 Å². The molecule has 0 fully saturated rings. The van der Waals surface area contributed by atoms with Crippen molar-refractivity contribution in [3.63, 3.8) is 0 Å². The van der Waals surface area contributed by atoms with E-state index in [-0.39, 0.29) is 34.3 Å². The summed E-state index contributed by atoms with van der Waals surface area (Å²) in [6.07, 6.45) is 0. The number of sulfone groups is 1. The van der Waals surface area contributed by atoms with Crippen LogP contribution in [-0.2, 0) is 19.4 Å². The third-order valence-corrected chi connectivity index (χ3v) is 6.28. The van der Waals surface area contributed by atoms with Crippen molar-refractivity contribution in [3.8, 4) is 11.5 Å². The van der Waals surface area contributed by atoms with Gasteiger partial charge in [-0.3, -0.25) is 0 Å². The fourth-order valence-electron chi connectivity index (χ4n) is 3.21. The quantitative estimate of drug-likeness (QED) is 0.555. The van der Waals surface area contributed by atoms with Crippen molar-refractivity contribution in [2.24, 2.45) is 0 Å². The number of carbonyl (C=O) groups excluding carboxylic acids is 2. The van der Waals surface area contributed by atoms with Crippen LogP contribution in [0, 0.1) is 0 Å². The van der Waals surface area contributed by atoms with Crippen LogP contribution < -0.4 is 15.4 Å². The van der Waals surface area contributed by atoms with Crippen LogP contribution in [0.1, 0.15) is 18.5 Å². The number of aromatic hydroxyl groups is 1. The van der Waals surface area contributed by atoms with Crippen LogP contribution in [0.4, 0.5) is 4.79 Å². The zero-order valence-electron chi connectivity index (χ0n) is 16.9. The summed E-state index contributed by atoms with van der Waals surface area (Å²) < 4.78 is 36.1. The fourth-order valence-corrected chi connectivity index (χ4v) is 4.55. The summed E-state index contributed by atoms with van der Waals surface area (Å²) in [6, 6.07) is 10.3. The van der Waals surface area contributed by atoms with Crippen LogP contribution >= 0.6 is 0 Å². The Hall–Kier alpha value is -3.53. The lowest BCUT2D eigenvalue weighted by Gasteiger charge is -2.29. The van der Waals surface area contributed by atoms with Crippen LogP contribution in [0.3, 0.4) is 0 Å². The van der Waals surface area contributed by atoms with Crippen molar-refractivity contribution in [3.05, 3.63) is 65.4 Å². The molecule has 1 aliphatic rings. The van der Waals surface area contributed by atoms with Crippen LogP contribution in [0.15, 0.2) is 64.7 Å².